The Morgan fingerprint density at radius 3 is 1.42 bits per heavy atom. The second-order valence-corrected chi connectivity index (χ2v) is 5.82. The first-order chi connectivity index (χ1) is 12.9. The fourth-order valence-corrected chi connectivity index (χ4v) is 2.73. The minimum Gasteiger partial charge on any atom is -0.490 e. The average Bonchev–Trinajstić information content (AvgIpc) is 3.40. The summed E-state index contributed by atoms with van der Waals surface area (Å²) in [5.74, 6) is 3.00. The highest BCUT2D eigenvalue weighted by Gasteiger charge is 2.11. The van der Waals surface area contributed by atoms with E-state index in [0.29, 0.717) is 38.2 Å². The topological polar surface area (TPSA) is 61.6 Å². The van der Waals surface area contributed by atoms with E-state index in [-0.39, 0.29) is 0 Å². The number of hydrogen-bond donors (Lipinski definition) is 0. The van der Waals surface area contributed by atoms with Crippen LogP contribution in [0.25, 0.3) is 0 Å². The van der Waals surface area contributed by atoms with Gasteiger partial charge in [-0.3, -0.25) is 0 Å². The van der Waals surface area contributed by atoms with Crippen molar-refractivity contribution in [2.24, 2.45) is 9.98 Å². The predicted octanol–water partition coefficient (Wildman–Crippen LogP) is 2.70. The molecule has 0 aliphatic carbocycles. The zero-order valence-corrected chi connectivity index (χ0v) is 14.4. The van der Waals surface area contributed by atoms with Crippen LogP contribution in [0.1, 0.15) is 11.1 Å². The van der Waals surface area contributed by atoms with Crippen LogP contribution in [0.15, 0.2) is 58.5 Å². The Labute approximate surface area is 152 Å². The maximum Gasteiger partial charge on any atom is 0.216 e. The standard InChI is InChI=1S/C20H20N2O4/c1-5-17(6-2-15(1)19-21-9-11-25-19)23-13-14-24-18-7-3-16(4-8-18)20-22-10-12-26-20/h1-8H,9-14H2. The van der Waals surface area contributed by atoms with E-state index >= 15 is 0 Å². The Morgan fingerprint density at radius 1 is 0.654 bits per heavy atom. The third-order valence-electron chi connectivity index (χ3n) is 3.99. The zero-order chi connectivity index (χ0) is 17.6. The van der Waals surface area contributed by atoms with Crippen molar-refractivity contribution >= 4 is 11.8 Å². The summed E-state index contributed by atoms with van der Waals surface area (Å²) < 4.78 is 22.3. The molecule has 0 unspecified atom stereocenters. The Kier molecular flexibility index (Phi) is 5.00. The van der Waals surface area contributed by atoms with Gasteiger partial charge in [-0.1, -0.05) is 0 Å². The molecule has 2 aliphatic heterocycles. The van der Waals surface area contributed by atoms with E-state index in [1.54, 1.807) is 0 Å². The average molecular weight is 352 g/mol. The number of nitrogens with zero attached hydrogens (tertiary/aromatic N) is 2. The van der Waals surface area contributed by atoms with E-state index in [2.05, 4.69) is 9.98 Å². The Morgan fingerprint density at radius 2 is 1.08 bits per heavy atom. The summed E-state index contributed by atoms with van der Waals surface area (Å²) in [6.45, 7) is 3.71. The van der Waals surface area contributed by atoms with Crippen LogP contribution in [0, 0.1) is 0 Å². The minimum atomic E-state index is 0.467. The molecule has 0 saturated carbocycles. The SMILES string of the molecule is c1cc(C2=NCCO2)ccc1OCCOc1ccc(C2=NCCO2)cc1. The normalized spacial score (nSPS) is 15.7. The summed E-state index contributed by atoms with van der Waals surface area (Å²) in [5, 5.41) is 0. The number of benzene rings is 2. The number of rotatable bonds is 7. The molecule has 2 aromatic rings. The first-order valence-corrected chi connectivity index (χ1v) is 8.69. The van der Waals surface area contributed by atoms with Crippen LogP contribution < -0.4 is 9.47 Å². The molecule has 2 aliphatic rings. The number of aliphatic imine (C=N–C) groups is 2. The number of ether oxygens (including phenoxy) is 4. The lowest BCUT2D eigenvalue weighted by Crippen LogP contribution is -2.09. The van der Waals surface area contributed by atoms with Crippen LogP contribution >= 0.6 is 0 Å². The summed E-state index contributed by atoms with van der Waals surface area (Å²) in [6.07, 6.45) is 0. The number of hydrogen-bond acceptors (Lipinski definition) is 6. The highest BCUT2D eigenvalue weighted by Crippen LogP contribution is 2.16. The van der Waals surface area contributed by atoms with Crippen LogP contribution in [-0.2, 0) is 9.47 Å². The van der Waals surface area contributed by atoms with Gasteiger partial charge < -0.3 is 18.9 Å². The first kappa shape index (κ1) is 16.4. The van der Waals surface area contributed by atoms with Gasteiger partial charge in [-0.05, 0) is 48.5 Å². The van der Waals surface area contributed by atoms with E-state index in [9.17, 15) is 0 Å². The van der Waals surface area contributed by atoms with Gasteiger partial charge in [-0.15, -0.1) is 0 Å². The monoisotopic (exact) mass is 352 g/mol. The molecule has 0 saturated heterocycles. The molecular formula is C20H20N2O4. The Hall–Kier alpha value is -3.02. The Bertz CT molecular complexity index is 728. The van der Waals surface area contributed by atoms with Gasteiger partial charge in [0.25, 0.3) is 0 Å². The fourth-order valence-electron chi connectivity index (χ4n) is 2.73. The van der Waals surface area contributed by atoms with Gasteiger partial charge in [0.15, 0.2) is 0 Å². The molecule has 0 bridgehead atoms. The maximum absolute atomic E-state index is 5.71. The van der Waals surface area contributed by atoms with Crippen molar-refractivity contribution in [1.29, 1.82) is 0 Å². The molecular weight excluding hydrogens is 332 g/mol. The van der Waals surface area contributed by atoms with Gasteiger partial charge in [-0.2, -0.15) is 0 Å². The smallest absolute Gasteiger partial charge is 0.216 e. The molecule has 26 heavy (non-hydrogen) atoms. The lowest BCUT2D eigenvalue weighted by atomic mass is 10.2. The molecule has 134 valence electrons. The summed E-state index contributed by atoms with van der Waals surface area (Å²) >= 11 is 0. The molecule has 0 fully saturated rings. The van der Waals surface area contributed by atoms with Gasteiger partial charge in [0.1, 0.15) is 37.9 Å². The summed E-state index contributed by atoms with van der Waals surface area (Å²) in [5.41, 5.74) is 1.95. The van der Waals surface area contributed by atoms with Crippen molar-refractivity contribution in [3.05, 3.63) is 59.7 Å². The Balaban J connectivity index is 1.22. The molecule has 0 aromatic heterocycles. The maximum atomic E-state index is 5.71. The summed E-state index contributed by atoms with van der Waals surface area (Å²) in [7, 11) is 0. The zero-order valence-electron chi connectivity index (χ0n) is 14.4. The molecule has 6 nitrogen and oxygen atoms in total. The van der Waals surface area contributed by atoms with Crippen LogP contribution in [0.3, 0.4) is 0 Å². The third kappa shape index (κ3) is 3.96. The molecule has 2 aromatic carbocycles. The van der Waals surface area contributed by atoms with Crippen molar-refractivity contribution in [2.45, 2.75) is 0 Å². The van der Waals surface area contributed by atoms with Gasteiger partial charge in [0.2, 0.25) is 11.8 Å². The second-order valence-electron chi connectivity index (χ2n) is 5.82. The van der Waals surface area contributed by atoms with Gasteiger partial charge in [-0.25, -0.2) is 9.98 Å². The third-order valence-corrected chi connectivity index (χ3v) is 3.99. The van der Waals surface area contributed by atoms with Crippen molar-refractivity contribution in [3.8, 4) is 11.5 Å². The van der Waals surface area contributed by atoms with Crippen LogP contribution in [-0.4, -0.2) is 51.3 Å². The fraction of sp³-hybridized carbons (Fsp3) is 0.300. The van der Waals surface area contributed by atoms with Crippen molar-refractivity contribution in [3.63, 3.8) is 0 Å². The minimum absolute atomic E-state index is 0.467. The highest BCUT2D eigenvalue weighted by molar-refractivity contribution is 5.95. The molecule has 0 radical (unpaired) electrons. The lowest BCUT2D eigenvalue weighted by molar-refractivity contribution is 0.217. The van der Waals surface area contributed by atoms with Crippen LogP contribution in [0.4, 0.5) is 0 Å². The first-order valence-electron chi connectivity index (χ1n) is 8.69. The van der Waals surface area contributed by atoms with Gasteiger partial charge in [0, 0.05) is 11.1 Å². The molecule has 0 amide bonds. The van der Waals surface area contributed by atoms with Crippen LogP contribution in [0.5, 0.6) is 11.5 Å². The molecule has 0 N–H and O–H groups in total. The summed E-state index contributed by atoms with van der Waals surface area (Å²) in [6, 6.07) is 15.5. The van der Waals surface area contributed by atoms with Crippen molar-refractivity contribution < 1.29 is 18.9 Å². The van der Waals surface area contributed by atoms with Gasteiger partial charge >= 0.3 is 0 Å². The molecule has 0 spiro atoms. The van der Waals surface area contributed by atoms with E-state index in [0.717, 1.165) is 35.7 Å². The largest absolute Gasteiger partial charge is 0.490 e. The summed E-state index contributed by atoms with van der Waals surface area (Å²) in [4.78, 5) is 8.59. The van der Waals surface area contributed by atoms with E-state index in [1.807, 2.05) is 48.5 Å². The van der Waals surface area contributed by atoms with E-state index in [4.69, 9.17) is 18.9 Å². The quantitative estimate of drug-likeness (QED) is 0.719. The molecule has 6 heteroatoms. The van der Waals surface area contributed by atoms with Gasteiger partial charge in [0.05, 0.1) is 13.1 Å². The van der Waals surface area contributed by atoms with Crippen molar-refractivity contribution in [2.75, 3.05) is 39.5 Å². The molecule has 4 rings (SSSR count). The van der Waals surface area contributed by atoms with Crippen molar-refractivity contribution in [1.82, 2.24) is 0 Å². The molecule has 0 atom stereocenters. The second kappa shape index (κ2) is 7.91. The van der Waals surface area contributed by atoms with E-state index in [1.165, 1.54) is 0 Å². The lowest BCUT2D eigenvalue weighted by Gasteiger charge is -2.09. The van der Waals surface area contributed by atoms with Crippen LogP contribution in [0.2, 0.25) is 0 Å². The highest BCUT2D eigenvalue weighted by atomic mass is 16.5. The predicted molar refractivity (Wildman–Crippen MR) is 98.6 cm³/mol. The molecule has 2 heterocycles. The van der Waals surface area contributed by atoms with E-state index < -0.39 is 0 Å².